The summed E-state index contributed by atoms with van der Waals surface area (Å²) in [4.78, 5) is 25.1. The summed E-state index contributed by atoms with van der Waals surface area (Å²) in [6.07, 6.45) is 3.22. The first kappa shape index (κ1) is 16.4. The number of nitrogens with zero attached hydrogens (tertiary/aromatic N) is 4. The lowest BCUT2D eigenvalue weighted by Crippen LogP contribution is -2.40. The molecule has 126 valence electrons. The van der Waals surface area contributed by atoms with Gasteiger partial charge in [0, 0.05) is 37.7 Å². The molecule has 0 aliphatic carbocycles. The largest absolute Gasteiger partial charge is 0.378 e. The SMILES string of the molecule is CCN(c1cccc(C)c1)c1ncc(C(=O)N2CCOCC2)cn1. The molecule has 1 aliphatic heterocycles. The Morgan fingerprint density at radius 1 is 1.25 bits per heavy atom. The van der Waals surface area contributed by atoms with E-state index < -0.39 is 0 Å². The minimum Gasteiger partial charge on any atom is -0.378 e. The van der Waals surface area contributed by atoms with Crippen molar-refractivity contribution < 1.29 is 9.53 Å². The van der Waals surface area contributed by atoms with Gasteiger partial charge in [-0.15, -0.1) is 0 Å². The number of amides is 1. The molecule has 0 radical (unpaired) electrons. The minimum absolute atomic E-state index is 0.0385. The van der Waals surface area contributed by atoms with Crippen molar-refractivity contribution in [3.8, 4) is 0 Å². The van der Waals surface area contributed by atoms with Gasteiger partial charge in [0.2, 0.25) is 5.95 Å². The van der Waals surface area contributed by atoms with Crippen LogP contribution in [0.25, 0.3) is 0 Å². The Labute approximate surface area is 142 Å². The summed E-state index contributed by atoms with van der Waals surface area (Å²) < 4.78 is 5.28. The van der Waals surface area contributed by atoms with Gasteiger partial charge >= 0.3 is 0 Å². The highest BCUT2D eigenvalue weighted by molar-refractivity contribution is 5.93. The number of carbonyl (C=O) groups excluding carboxylic acids is 1. The summed E-state index contributed by atoms with van der Waals surface area (Å²) in [5, 5.41) is 0. The fourth-order valence-corrected chi connectivity index (χ4v) is 2.76. The van der Waals surface area contributed by atoms with E-state index in [1.165, 1.54) is 5.56 Å². The zero-order valence-corrected chi connectivity index (χ0v) is 14.1. The molecule has 0 unspecified atom stereocenters. The van der Waals surface area contributed by atoms with E-state index in [1.807, 2.05) is 17.0 Å². The Kier molecular flexibility index (Phi) is 5.05. The Morgan fingerprint density at radius 2 is 1.96 bits per heavy atom. The Balaban J connectivity index is 1.78. The lowest BCUT2D eigenvalue weighted by Gasteiger charge is -2.27. The standard InChI is InChI=1S/C18H22N4O2/c1-3-22(16-6-4-5-14(2)11-16)18-19-12-15(13-20-18)17(23)21-7-9-24-10-8-21/h4-6,11-13H,3,7-10H2,1-2H3. The van der Waals surface area contributed by atoms with Gasteiger partial charge in [-0.2, -0.15) is 0 Å². The molecule has 1 fully saturated rings. The van der Waals surface area contributed by atoms with E-state index in [4.69, 9.17) is 4.74 Å². The van der Waals surface area contributed by atoms with E-state index in [0.29, 0.717) is 37.8 Å². The second kappa shape index (κ2) is 7.40. The molecule has 1 amide bonds. The van der Waals surface area contributed by atoms with Crippen molar-refractivity contribution in [1.29, 1.82) is 0 Å². The molecule has 3 rings (SSSR count). The summed E-state index contributed by atoms with van der Waals surface area (Å²) in [5.41, 5.74) is 2.75. The molecule has 0 N–H and O–H groups in total. The zero-order valence-electron chi connectivity index (χ0n) is 14.1. The molecule has 1 aliphatic rings. The first-order valence-electron chi connectivity index (χ1n) is 8.22. The summed E-state index contributed by atoms with van der Waals surface area (Å²) >= 11 is 0. The van der Waals surface area contributed by atoms with Crippen LogP contribution in [-0.2, 0) is 4.74 Å². The lowest BCUT2D eigenvalue weighted by atomic mass is 10.2. The topological polar surface area (TPSA) is 58.6 Å². The van der Waals surface area contributed by atoms with Gasteiger partial charge in [0.25, 0.3) is 5.91 Å². The Hall–Kier alpha value is -2.47. The van der Waals surface area contributed by atoms with Crippen LogP contribution in [0.3, 0.4) is 0 Å². The van der Waals surface area contributed by atoms with Gasteiger partial charge in [0.1, 0.15) is 0 Å². The van der Waals surface area contributed by atoms with Gasteiger partial charge < -0.3 is 14.5 Å². The number of rotatable bonds is 4. The molecule has 0 bridgehead atoms. The van der Waals surface area contributed by atoms with Crippen molar-refractivity contribution in [2.75, 3.05) is 37.7 Å². The number of carbonyl (C=O) groups is 1. The number of hydrogen-bond donors (Lipinski definition) is 0. The van der Waals surface area contributed by atoms with Crippen molar-refractivity contribution in [2.24, 2.45) is 0 Å². The Morgan fingerprint density at radius 3 is 2.58 bits per heavy atom. The number of ether oxygens (including phenoxy) is 1. The maximum atomic E-state index is 12.4. The molecule has 6 heteroatoms. The fraction of sp³-hybridized carbons (Fsp3) is 0.389. The molecule has 0 saturated carbocycles. The van der Waals surface area contributed by atoms with Crippen LogP contribution in [-0.4, -0.2) is 53.6 Å². The van der Waals surface area contributed by atoms with Crippen molar-refractivity contribution in [3.05, 3.63) is 47.8 Å². The molecular formula is C18H22N4O2. The number of benzene rings is 1. The van der Waals surface area contributed by atoms with Crippen molar-refractivity contribution in [1.82, 2.24) is 14.9 Å². The van der Waals surface area contributed by atoms with Crippen LogP contribution in [0.15, 0.2) is 36.7 Å². The predicted molar refractivity (Wildman–Crippen MR) is 92.6 cm³/mol. The molecule has 6 nitrogen and oxygen atoms in total. The van der Waals surface area contributed by atoms with Crippen molar-refractivity contribution in [3.63, 3.8) is 0 Å². The second-order valence-corrected chi connectivity index (χ2v) is 5.76. The summed E-state index contributed by atoms with van der Waals surface area (Å²) in [6.45, 7) is 7.26. The highest BCUT2D eigenvalue weighted by atomic mass is 16.5. The molecule has 1 aromatic heterocycles. The first-order chi connectivity index (χ1) is 11.7. The van der Waals surface area contributed by atoms with Crippen LogP contribution in [0.4, 0.5) is 11.6 Å². The minimum atomic E-state index is -0.0385. The first-order valence-corrected chi connectivity index (χ1v) is 8.22. The number of hydrogen-bond acceptors (Lipinski definition) is 5. The molecule has 1 aromatic carbocycles. The molecule has 0 spiro atoms. The third-order valence-electron chi connectivity index (χ3n) is 4.05. The van der Waals surface area contributed by atoms with Crippen LogP contribution < -0.4 is 4.90 Å². The third-order valence-corrected chi connectivity index (χ3v) is 4.05. The molecule has 2 heterocycles. The second-order valence-electron chi connectivity index (χ2n) is 5.76. The number of aromatic nitrogens is 2. The van der Waals surface area contributed by atoms with Crippen molar-refractivity contribution >= 4 is 17.5 Å². The molecular weight excluding hydrogens is 304 g/mol. The zero-order chi connectivity index (χ0) is 16.9. The molecule has 2 aromatic rings. The van der Waals surface area contributed by atoms with E-state index in [0.717, 1.165) is 12.2 Å². The summed E-state index contributed by atoms with van der Waals surface area (Å²) in [6, 6.07) is 8.21. The smallest absolute Gasteiger partial charge is 0.257 e. The van der Waals surface area contributed by atoms with Gasteiger partial charge in [-0.25, -0.2) is 9.97 Å². The number of morpholine rings is 1. The van der Waals surface area contributed by atoms with Gasteiger partial charge in [-0.1, -0.05) is 12.1 Å². The molecule has 1 saturated heterocycles. The van der Waals surface area contributed by atoms with Gasteiger partial charge in [0.05, 0.1) is 18.8 Å². The van der Waals surface area contributed by atoms with E-state index in [2.05, 4.69) is 35.9 Å². The van der Waals surface area contributed by atoms with E-state index in [1.54, 1.807) is 17.3 Å². The number of anilines is 2. The molecule has 0 atom stereocenters. The van der Waals surface area contributed by atoms with Gasteiger partial charge in [-0.3, -0.25) is 4.79 Å². The quantitative estimate of drug-likeness (QED) is 0.863. The average Bonchev–Trinajstić information content (AvgIpc) is 2.63. The van der Waals surface area contributed by atoms with Crippen LogP contribution in [0.2, 0.25) is 0 Å². The van der Waals surface area contributed by atoms with Gasteiger partial charge in [-0.05, 0) is 31.5 Å². The maximum absolute atomic E-state index is 12.4. The summed E-state index contributed by atoms with van der Waals surface area (Å²) in [7, 11) is 0. The highest BCUT2D eigenvalue weighted by Gasteiger charge is 2.20. The monoisotopic (exact) mass is 326 g/mol. The van der Waals surface area contributed by atoms with Crippen molar-refractivity contribution in [2.45, 2.75) is 13.8 Å². The van der Waals surface area contributed by atoms with Gasteiger partial charge in [0.15, 0.2) is 0 Å². The normalized spacial score (nSPS) is 14.5. The lowest BCUT2D eigenvalue weighted by molar-refractivity contribution is 0.0302. The highest BCUT2D eigenvalue weighted by Crippen LogP contribution is 2.22. The van der Waals surface area contributed by atoms with Crippen LogP contribution >= 0.6 is 0 Å². The van der Waals surface area contributed by atoms with E-state index in [-0.39, 0.29) is 5.91 Å². The fourth-order valence-electron chi connectivity index (χ4n) is 2.76. The van der Waals surface area contributed by atoms with E-state index in [9.17, 15) is 4.79 Å². The van der Waals surface area contributed by atoms with Crippen LogP contribution in [0, 0.1) is 6.92 Å². The Bertz CT molecular complexity index is 696. The third kappa shape index (κ3) is 3.54. The predicted octanol–water partition coefficient (Wildman–Crippen LogP) is 2.42. The van der Waals surface area contributed by atoms with E-state index >= 15 is 0 Å². The molecule has 24 heavy (non-hydrogen) atoms. The van der Waals surface area contributed by atoms with Crippen LogP contribution in [0.1, 0.15) is 22.8 Å². The number of aryl methyl sites for hydroxylation is 1. The van der Waals surface area contributed by atoms with Crippen LogP contribution in [0.5, 0.6) is 0 Å². The maximum Gasteiger partial charge on any atom is 0.257 e. The summed E-state index contributed by atoms with van der Waals surface area (Å²) in [5.74, 6) is 0.560. The average molecular weight is 326 g/mol.